The summed E-state index contributed by atoms with van der Waals surface area (Å²) >= 11 is 0. The van der Waals surface area contributed by atoms with Crippen LogP contribution in [0.3, 0.4) is 0 Å². The molecule has 0 unspecified atom stereocenters. The second-order valence-electron chi connectivity index (χ2n) is 7.22. The SMILES string of the molecule is CC1=C(c2ccc(C(C)C)cc2)S(=O)(=O)N=C1N1CCC(C(=O)O)CC1. The van der Waals surface area contributed by atoms with Gasteiger partial charge < -0.3 is 10.0 Å². The van der Waals surface area contributed by atoms with Crippen molar-refractivity contribution in [1.82, 2.24) is 4.90 Å². The van der Waals surface area contributed by atoms with Gasteiger partial charge in [-0.2, -0.15) is 8.42 Å². The lowest BCUT2D eigenvalue weighted by molar-refractivity contribution is -0.143. The molecule has 0 bridgehead atoms. The van der Waals surface area contributed by atoms with Gasteiger partial charge in [0.05, 0.1) is 5.92 Å². The molecule has 0 atom stereocenters. The van der Waals surface area contributed by atoms with Crippen molar-refractivity contribution in [3.05, 3.63) is 41.0 Å². The van der Waals surface area contributed by atoms with Gasteiger partial charge in [-0.1, -0.05) is 38.1 Å². The van der Waals surface area contributed by atoms with Crippen LogP contribution in [-0.2, 0) is 14.8 Å². The summed E-state index contributed by atoms with van der Waals surface area (Å²) < 4.78 is 29.3. The van der Waals surface area contributed by atoms with Crippen LogP contribution in [-0.4, -0.2) is 43.3 Å². The molecule has 1 aromatic rings. The van der Waals surface area contributed by atoms with Crippen molar-refractivity contribution < 1.29 is 18.3 Å². The Morgan fingerprint density at radius 1 is 1.19 bits per heavy atom. The Morgan fingerprint density at radius 2 is 1.77 bits per heavy atom. The molecule has 6 nitrogen and oxygen atoms in total. The Bertz CT molecular complexity index is 875. The maximum absolute atomic E-state index is 12.7. The van der Waals surface area contributed by atoms with Gasteiger partial charge in [0, 0.05) is 18.7 Å². The number of likely N-dealkylation sites (tertiary alicyclic amines) is 1. The zero-order valence-corrected chi connectivity index (χ0v) is 16.1. The number of amidine groups is 1. The molecular weight excluding hydrogens is 352 g/mol. The van der Waals surface area contributed by atoms with Gasteiger partial charge in [-0.15, -0.1) is 4.40 Å². The number of carboxylic acids is 1. The predicted molar refractivity (Wildman–Crippen MR) is 101 cm³/mol. The van der Waals surface area contributed by atoms with Crippen LogP contribution in [0.4, 0.5) is 0 Å². The molecule has 1 fully saturated rings. The summed E-state index contributed by atoms with van der Waals surface area (Å²) in [7, 11) is -3.74. The monoisotopic (exact) mass is 376 g/mol. The number of hydrogen-bond donors (Lipinski definition) is 1. The van der Waals surface area contributed by atoms with Gasteiger partial charge in [0.1, 0.15) is 10.7 Å². The first kappa shape index (κ1) is 18.6. The quantitative estimate of drug-likeness (QED) is 0.876. The van der Waals surface area contributed by atoms with E-state index in [1.165, 1.54) is 0 Å². The number of sulfonamides is 1. The van der Waals surface area contributed by atoms with Gasteiger partial charge >= 0.3 is 5.97 Å². The Hall–Kier alpha value is -2.15. The molecule has 0 spiro atoms. The van der Waals surface area contributed by atoms with Gasteiger partial charge in [-0.05, 0) is 36.8 Å². The number of nitrogens with zero attached hydrogens (tertiary/aromatic N) is 2. The molecule has 7 heteroatoms. The van der Waals surface area contributed by atoms with Crippen molar-refractivity contribution in [3.8, 4) is 0 Å². The fourth-order valence-corrected chi connectivity index (χ4v) is 5.02. The highest BCUT2D eigenvalue weighted by Gasteiger charge is 2.35. The molecule has 3 rings (SSSR count). The van der Waals surface area contributed by atoms with E-state index in [-0.39, 0.29) is 10.8 Å². The lowest BCUT2D eigenvalue weighted by Crippen LogP contribution is -2.40. The molecule has 0 amide bonds. The molecule has 0 saturated carbocycles. The number of aliphatic carboxylic acids is 1. The number of hydrogen-bond acceptors (Lipinski definition) is 4. The molecule has 2 aliphatic heterocycles. The normalized spacial score (nSPS) is 20.6. The first-order chi connectivity index (χ1) is 12.2. The van der Waals surface area contributed by atoms with Crippen molar-refractivity contribution in [2.24, 2.45) is 10.3 Å². The molecule has 2 aliphatic rings. The second kappa shape index (κ2) is 6.87. The third-order valence-corrected chi connectivity index (χ3v) is 6.59. The molecule has 0 aliphatic carbocycles. The smallest absolute Gasteiger partial charge is 0.306 e. The molecule has 0 aromatic heterocycles. The average Bonchev–Trinajstić information content (AvgIpc) is 2.84. The van der Waals surface area contributed by atoms with Crippen LogP contribution in [0.5, 0.6) is 0 Å². The van der Waals surface area contributed by atoms with Crippen LogP contribution in [0, 0.1) is 5.92 Å². The summed E-state index contributed by atoms with van der Waals surface area (Å²) in [6, 6.07) is 7.57. The fourth-order valence-electron chi connectivity index (χ4n) is 3.54. The zero-order valence-electron chi connectivity index (χ0n) is 15.3. The summed E-state index contributed by atoms with van der Waals surface area (Å²) in [5.41, 5.74) is 2.43. The standard InChI is InChI=1S/C19H24N2O4S/c1-12(2)14-4-6-15(7-5-14)17-13(3)18(20-26(17,24)25)21-10-8-16(9-11-21)19(22)23/h4-7,12,16H,8-11H2,1-3H3,(H,22,23). The van der Waals surface area contributed by atoms with Crippen LogP contribution in [0.1, 0.15) is 50.7 Å². The maximum atomic E-state index is 12.7. The number of rotatable bonds is 3. The summed E-state index contributed by atoms with van der Waals surface area (Å²) in [5, 5.41) is 9.12. The van der Waals surface area contributed by atoms with E-state index in [0.717, 1.165) is 5.56 Å². The molecule has 1 saturated heterocycles. The van der Waals surface area contributed by atoms with Crippen molar-refractivity contribution in [1.29, 1.82) is 0 Å². The fraction of sp³-hybridized carbons (Fsp3) is 0.474. The summed E-state index contributed by atoms with van der Waals surface area (Å²) in [4.78, 5) is 13.3. The Kier molecular flexibility index (Phi) is 4.92. The van der Waals surface area contributed by atoms with E-state index in [1.807, 2.05) is 29.2 Å². The highest BCUT2D eigenvalue weighted by atomic mass is 32.2. The van der Waals surface area contributed by atoms with E-state index in [1.54, 1.807) is 6.92 Å². The number of benzene rings is 1. The van der Waals surface area contributed by atoms with Crippen molar-refractivity contribution in [3.63, 3.8) is 0 Å². The minimum atomic E-state index is -3.74. The molecule has 26 heavy (non-hydrogen) atoms. The predicted octanol–water partition coefficient (Wildman–Crippen LogP) is 3.08. The minimum absolute atomic E-state index is 0.253. The zero-order chi connectivity index (χ0) is 19.1. The molecule has 0 radical (unpaired) electrons. The largest absolute Gasteiger partial charge is 0.481 e. The van der Waals surface area contributed by atoms with E-state index < -0.39 is 16.0 Å². The van der Waals surface area contributed by atoms with E-state index in [0.29, 0.717) is 48.8 Å². The molecule has 2 heterocycles. The Labute approximate surface area is 154 Å². The van der Waals surface area contributed by atoms with E-state index in [4.69, 9.17) is 5.11 Å². The number of carboxylic acid groups (broad SMARTS) is 1. The Morgan fingerprint density at radius 3 is 2.27 bits per heavy atom. The lowest BCUT2D eigenvalue weighted by atomic mass is 9.96. The third-order valence-electron chi connectivity index (χ3n) is 5.12. The number of piperidine rings is 1. The van der Waals surface area contributed by atoms with Gasteiger partial charge in [0.15, 0.2) is 0 Å². The number of carbonyl (C=O) groups is 1. The van der Waals surface area contributed by atoms with E-state index in [2.05, 4.69) is 18.2 Å². The van der Waals surface area contributed by atoms with E-state index >= 15 is 0 Å². The van der Waals surface area contributed by atoms with Crippen LogP contribution >= 0.6 is 0 Å². The van der Waals surface area contributed by atoms with Crippen LogP contribution in [0.25, 0.3) is 4.91 Å². The summed E-state index contributed by atoms with van der Waals surface area (Å²) in [5.74, 6) is -0.320. The molecule has 1 N–H and O–H groups in total. The van der Waals surface area contributed by atoms with Crippen molar-refractivity contribution in [2.75, 3.05) is 13.1 Å². The second-order valence-corrected chi connectivity index (χ2v) is 8.76. The van der Waals surface area contributed by atoms with Gasteiger partial charge in [0.25, 0.3) is 10.0 Å². The van der Waals surface area contributed by atoms with E-state index in [9.17, 15) is 13.2 Å². The highest BCUT2D eigenvalue weighted by Crippen LogP contribution is 2.35. The molecule has 1 aromatic carbocycles. The lowest BCUT2D eigenvalue weighted by Gasteiger charge is -2.31. The average molecular weight is 376 g/mol. The minimum Gasteiger partial charge on any atom is -0.481 e. The van der Waals surface area contributed by atoms with Crippen LogP contribution in [0.15, 0.2) is 34.2 Å². The van der Waals surface area contributed by atoms with Gasteiger partial charge in [0.2, 0.25) is 0 Å². The summed E-state index contributed by atoms with van der Waals surface area (Å²) in [6.45, 7) is 6.96. The highest BCUT2D eigenvalue weighted by molar-refractivity contribution is 8.00. The van der Waals surface area contributed by atoms with Crippen molar-refractivity contribution >= 4 is 26.7 Å². The van der Waals surface area contributed by atoms with Crippen molar-refractivity contribution in [2.45, 2.75) is 39.5 Å². The first-order valence-corrected chi connectivity index (χ1v) is 10.3. The first-order valence-electron chi connectivity index (χ1n) is 8.85. The topological polar surface area (TPSA) is 87.0 Å². The van der Waals surface area contributed by atoms with Gasteiger partial charge in [-0.25, -0.2) is 0 Å². The summed E-state index contributed by atoms with van der Waals surface area (Å²) in [6.07, 6.45) is 1.00. The molecular formula is C19H24N2O4S. The van der Waals surface area contributed by atoms with Gasteiger partial charge in [-0.3, -0.25) is 4.79 Å². The van der Waals surface area contributed by atoms with Crippen LogP contribution < -0.4 is 0 Å². The molecule has 140 valence electrons. The Balaban J connectivity index is 1.89. The maximum Gasteiger partial charge on any atom is 0.306 e. The third kappa shape index (κ3) is 3.40. The van der Waals surface area contributed by atoms with Crippen LogP contribution in [0.2, 0.25) is 0 Å².